The molecular weight excluding hydrogens is 452 g/mol. The largest absolute Gasteiger partial charge is 0.434 e. The SMILES string of the molecule is O=C(c1cccnc1-c1ncccc1F)N1CC2CC23CC(Nc2cnc(C(F)(F)F)cn2)C13. The van der Waals surface area contributed by atoms with Crippen molar-refractivity contribution >= 4 is 11.7 Å². The summed E-state index contributed by atoms with van der Waals surface area (Å²) in [5, 5.41) is 3.15. The Balaban J connectivity index is 1.26. The van der Waals surface area contributed by atoms with Crippen LogP contribution < -0.4 is 5.32 Å². The van der Waals surface area contributed by atoms with Crippen LogP contribution in [-0.2, 0) is 6.18 Å². The number of anilines is 1. The lowest BCUT2D eigenvalue weighted by Gasteiger charge is -2.48. The number of alkyl halides is 3. The molecule has 1 N–H and O–H groups in total. The van der Waals surface area contributed by atoms with Crippen LogP contribution in [0, 0.1) is 17.2 Å². The molecule has 4 atom stereocenters. The number of piperidine rings is 1. The maximum atomic E-state index is 14.4. The fraction of sp³-hybridized carbons (Fsp3) is 0.348. The number of carbonyl (C=O) groups excluding carboxylic acids is 1. The number of carbonyl (C=O) groups is 1. The first kappa shape index (κ1) is 20.9. The highest BCUT2D eigenvalue weighted by Gasteiger charge is 2.75. The third-order valence-corrected chi connectivity index (χ3v) is 7.16. The van der Waals surface area contributed by atoms with Gasteiger partial charge < -0.3 is 10.2 Å². The third-order valence-electron chi connectivity index (χ3n) is 7.16. The maximum absolute atomic E-state index is 14.4. The number of rotatable bonds is 4. The summed E-state index contributed by atoms with van der Waals surface area (Å²) in [6, 6.07) is 5.65. The molecule has 3 aromatic rings. The predicted octanol–water partition coefficient (Wildman–Crippen LogP) is 3.81. The van der Waals surface area contributed by atoms with E-state index in [1.165, 1.54) is 24.5 Å². The number of hydrogen-bond donors (Lipinski definition) is 1. The maximum Gasteiger partial charge on any atom is 0.434 e. The predicted molar refractivity (Wildman–Crippen MR) is 112 cm³/mol. The molecular formula is C23H18F4N6O. The zero-order valence-electron chi connectivity index (χ0n) is 17.6. The Hall–Kier alpha value is -3.63. The number of halogens is 4. The van der Waals surface area contributed by atoms with Gasteiger partial charge in [0.1, 0.15) is 17.2 Å². The minimum atomic E-state index is -4.56. The van der Waals surface area contributed by atoms with Crippen LogP contribution in [0.4, 0.5) is 23.4 Å². The van der Waals surface area contributed by atoms with Crippen LogP contribution in [0.25, 0.3) is 11.4 Å². The van der Waals surface area contributed by atoms with Crippen LogP contribution in [-0.4, -0.2) is 49.4 Å². The van der Waals surface area contributed by atoms with E-state index in [9.17, 15) is 22.4 Å². The Kier molecular flexibility index (Phi) is 4.42. The average molecular weight is 470 g/mol. The van der Waals surface area contributed by atoms with E-state index in [0.29, 0.717) is 18.7 Å². The van der Waals surface area contributed by atoms with Gasteiger partial charge in [-0.25, -0.2) is 14.4 Å². The van der Waals surface area contributed by atoms with Gasteiger partial charge in [-0.3, -0.25) is 14.8 Å². The van der Waals surface area contributed by atoms with Crippen LogP contribution >= 0.6 is 0 Å². The van der Waals surface area contributed by atoms with Gasteiger partial charge >= 0.3 is 6.18 Å². The van der Waals surface area contributed by atoms with Crippen molar-refractivity contribution in [1.29, 1.82) is 0 Å². The molecule has 2 aliphatic carbocycles. The Labute approximate surface area is 191 Å². The molecule has 3 aliphatic rings. The second-order valence-electron chi connectivity index (χ2n) is 9.01. The fourth-order valence-electron chi connectivity index (χ4n) is 5.58. The van der Waals surface area contributed by atoms with Crippen molar-refractivity contribution in [3.63, 3.8) is 0 Å². The van der Waals surface area contributed by atoms with Gasteiger partial charge in [0.25, 0.3) is 5.91 Å². The van der Waals surface area contributed by atoms with Gasteiger partial charge in [0.05, 0.1) is 24.0 Å². The summed E-state index contributed by atoms with van der Waals surface area (Å²) in [4.78, 5) is 31.0. The number of amides is 1. The zero-order chi connectivity index (χ0) is 23.7. The Morgan fingerprint density at radius 3 is 2.50 bits per heavy atom. The number of nitrogens with one attached hydrogen (secondary N) is 1. The van der Waals surface area contributed by atoms with E-state index in [0.717, 1.165) is 19.0 Å². The summed E-state index contributed by atoms with van der Waals surface area (Å²) in [5.74, 6) is -0.235. The molecule has 4 unspecified atom stereocenters. The van der Waals surface area contributed by atoms with Crippen LogP contribution in [0.5, 0.6) is 0 Å². The molecule has 3 fully saturated rings. The van der Waals surface area contributed by atoms with E-state index in [4.69, 9.17) is 0 Å². The highest BCUT2D eigenvalue weighted by molar-refractivity contribution is 6.00. The third kappa shape index (κ3) is 3.13. The van der Waals surface area contributed by atoms with Crippen molar-refractivity contribution in [2.24, 2.45) is 11.3 Å². The normalized spacial score (nSPS) is 26.9. The van der Waals surface area contributed by atoms with Crippen LogP contribution in [0.3, 0.4) is 0 Å². The monoisotopic (exact) mass is 470 g/mol. The molecule has 0 radical (unpaired) electrons. The molecule has 3 aromatic heterocycles. The molecule has 0 aromatic carbocycles. The van der Waals surface area contributed by atoms with E-state index in [-0.39, 0.29) is 46.2 Å². The highest BCUT2D eigenvalue weighted by Crippen LogP contribution is 2.71. The minimum absolute atomic E-state index is 0.00818. The lowest BCUT2D eigenvalue weighted by atomic mass is 9.71. The molecule has 6 rings (SSSR count). The molecule has 7 nitrogen and oxygen atoms in total. The Bertz CT molecular complexity index is 1280. The highest BCUT2D eigenvalue weighted by atomic mass is 19.4. The lowest BCUT2D eigenvalue weighted by Crippen LogP contribution is -2.60. The summed E-state index contributed by atoms with van der Waals surface area (Å²) >= 11 is 0. The average Bonchev–Trinajstić information content (AvgIpc) is 3.47. The van der Waals surface area contributed by atoms with Gasteiger partial charge in [-0.2, -0.15) is 13.2 Å². The number of nitrogens with zero attached hydrogens (tertiary/aromatic N) is 5. The molecule has 34 heavy (non-hydrogen) atoms. The van der Waals surface area contributed by atoms with Crippen molar-refractivity contribution in [2.45, 2.75) is 31.1 Å². The molecule has 1 spiro atoms. The van der Waals surface area contributed by atoms with E-state index in [1.807, 2.05) is 0 Å². The van der Waals surface area contributed by atoms with Crippen molar-refractivity contribution in [3.05, 3.63) is 66.1 Å². The summed E-state index contributed by atoms with van der Waals surface area (Å²) in [7, 11) is 0. The van der Waals surface area contributed by atoms with E-state index in [2.05, 4.69) is 25.3 Å². The second-order valence-corrected chi connectivity index (χ2v) is 9.01. The van der Waals surface area contributed by atoms with Crippen molar-refractivity contribution in [2.75, 3.05) is 11.9 Å². The zero-order valence-corrected chi connectivity index (χ0v) is 17.6. The Morgan fingerprint density at radius 1 is 1.03 bits per heavy atom. The van der Waals surface area contributed by atoms with Crippen LogP contribution in [0.1, 0.15) is 28.9 Å². The molecule has 2 saturated carbocycles. The fourth-order valence-corrected chi connectivity index (χ4v) is 5.58. The quantitative estimate of drug-likeness (QED) is 0.584. The molecule has 1 aliphatic heterocycles. The first-order valence-corrected chi connectivity index (χ1v) is 10.8. The van der Waals surface area contributed by atoms with Gasteiger partial charge in [-0.1, -0.05) is 0 Å². The topological polar surface area (TPSA) is 83.9 Å². The van der Waals surface area contributed by atoms with E-state index >= 15 is 0 Å². The summed E-state index contributed by atoms with van der Waals surface area (Å²) < 4.78 is 52.7. The molecule has 174 valence electrons. The van der Waals surface area contributed by atoms with Gasteiger partial charge in [-0.05, 0) is 48.4 Å². The van der Waals surface area contributed by atoms with Crippen molar-refractivity contribution < 1.29 is 22.4 Å². The number of aromatic nitrogens is 4. The van der Waals surface area contributed by atoms with Gasteiger partial charge in [0.15, 0.2) is 11.5 Å². The van der Waals surface area contributed by atoms with Crippen molar-refractivity contribution in [1.82, 2.24) is 24.8 Å². The van der Waals surface area contributed by atoms with Crippen molar-refractivity contribution in [3.8, 4) is 11.4 Å². The number of likely N-dealkylation sites (tertiary alicyclic amines) is 1. The molecule has 1 amide bonds. The smallest absolute Gasteiger partial charge is 0.364 e. The van der Waals surface area contributed by atoms with Gasteiger partial charge in [0, 0.05) is 25.0 Å². The minimum Gasteiger partial charge on any atom is -0.364 e. The standard InChI is InChI=1S/C23H18F4N6O/c24-14-4-2-6-29-19(14)18-13(3-1-5-28-18)21(34)33-11-12-7-22(12)8-15(20(22)33)32-17-10-30-16(9-31-17)23(25,26)27/h1-6,9-10,12,15,20H,7-8,11H2,(H,31,32). The summed E-state index contributed by atoms with van der Waals surface area (Å²) in [6.07, 6.45) is 1.92. The number of pyridine rings is 2. The number of hydrogen-bond acceptors (Lipinski definition) is 6. The first-order valence-electron chi connectivity index (χ1n) is 10.8. The van der Waals surface area contributed by atoms with E-state index in [1.54, 1.807) is 17.0 Å². The van der Waals surface area contributed by atoms with Crippen LogP contribution in [0.15, 0.2) is 49.1 Å². The first-order chi connectivity index (χ1) is 16.3. The second kappa shape index (κ2) is 7.18. The van der Waals surface area contributed by atoms with Crippen LogP contribution in [0.2, 0.25) is 0 Å². The molecule has 11 heteroatoms. The van der Waals surface area contributed by atoms with E-state index < -0.39 is 17.7 Å². The molecule has 4 heterocycles. The van der Waals surface area contributed by atoms with Gasteiger partial charge in [-0.15, -0.1) is 0 Å². The summed E-state index contributed by atoms with van der Waals surface area (Å²) in [5.41, 5.74) is -0.595. The Morgan fingerprint density at radius 2 is 1.79 bits per heavy atom. The lowest BCUT2D eigenvalue weighted by molar-refractivity contribution is -0.141. The van der Waals surface area contributed by atoms with Gasteiger partial charge in [0.2, 0.25) is 0 Å². The summed E-state index contributed by atoms with van der Waals surface area (Å²) in [6.45, 7) is 0.569. The molecule has 1 saturated heterocycles. The molecule has 0 bridgehead atoms.